The second kappa shape index (κ2) is 8.75. The van der Waals surface area contributed by atoms with E-state index in [1.165, 1.54) is 11.1 Å². The van der Waals surface area contributed by atoms with Gasteiger partial charge in [0.05, 0.1) is 19.2 Å². The monoisotopic (exact) mass is 407 g/mol. The Kier molecular flexibility index (Phi) is 5.90. The quantitative estimate of drug-likeness (QED) is 0.644. The van der Waals surface area contributed by atoms with Gasteiger partial charge in [-0.2, -0.15) is 4.98 Å². The highest BCUT2D eigenvalue weighted by molar-refractivity contribution is 5.92. The predicted molar refractivity (Wildman–Crippen MR) is 120 cm³/mol. The van der Waals surface area contributed by atoms with Crippen LogP contribution in [0.3, 0.4) is 0 Å². The maximum absolute atomic E-state index is 6.19. The molecule has 7 heteroatoms. The second-order valence-electron chi connectivity index (χ2n) is 7.68. The van der Waals surface area contributed by atoms with Crippen LogP contribution in [0.5, 0.6) is 11.5 Å². The van der Waals surface area contributed by atoms with Crippen molar-refractivity contribution >= 4 is 22.7 Å². The fraction of sp³-hybridized carbons (Fsp3) is 0.391. The standard InChI is InChI=1S/C23H29N5O2/c1-3-30-20-13-15(7-8-19(20)29-2)14-28-11-9-16(10-12-28)17-5-4-6-18-21(17)22(24)27-23(25)26-18/h4-8,13,16H,3,9-12,14H2,1-2H3,(H4,24,25,26,27). The van der Waals surface area contributed by atoms with E-state index in [-0.39, 0.29) is 5.95 Å². The molecule has 4 N–H and O–H groups in total. The normalized spacial score (nSPS) is 15.4. The van der Waals surface area contributed by atoms with E-state index < -0.39 is 0 Å². The van der Waals surface area contributed by atoms with Crippen LogP contribution in [0.4, 0.5) is 11.8 Å². The Hall–Kier alpha value is -3.06. The van der Waals surface area contributed by atoms with E-state index in [4.69, 9.17) is 20.9 Å². The maximum atomic E-state index is 6.19. The fourth-order valence-electron chi connectivity index (χ4n) is 4.35. The number of fused-ring (bicyclic) bond motifs is 1. The molecule has 0 unspecified atom stereocenters. The van der Waals surface area contributed by atoms with Crippen LogP contribution in [0.1, 0.15) is 36.8 Å². The Morgan fingerprint density at radius 2 is 1.87 bits per heavy atom. The minimum atomic E-state index is 0.220. The molecule has 2 heterocycles. The predicted octanol–water partition coefficient (Wildman–Crippen LogP) is 3.58. The van der Waals surface area contributed by atoms with Gasteiger partial charge in [0, 0.05) is 11.9 Å². The lowest BCUT2D eigenvalue weighted by molar-refractivity contribution is 0.204. The third kappa shape index (κ3) is 4.11. The zero-order chi connectivity index (χ0) is 21.1. The minimum absolute atomic E-state index is 0.220. The Labute approximate surface area is 177 Å². The molecule has 0 spiro atoms. The SMILES string of the molecule is CCOc1cc(CN2CCC(c3cccc4nc(N)nc(N)c34)CC2)ccc1OC. The molecule has 158 valence electrons. The van der Waals surface area contributed by atoms with Gasteiger partial charge in [0.25, 0.3) is 0 Å². The van der Waals surface area contributed by atoms with Gasteiger partial charge in [0.2, 0.25) is 5.95 Å². The van der Waals surface area contributed by atoms with Crippen LogP contribution in [0.15, 0.2) is 36.4 Å². The van der Waals surface area contributed by atoms with Gasteiger partial charge in [-0.3, -0.25) is 4.90 Å². The summed E-state index contributed by atoms with van der Waals surface area (Å²) in [6, 6.07) is 12.3. The average molecular weight is 408 g/mol. The molecular weight excluding hydrogens is 378 g/mol. The molecule has 2 aromatic carbocycles. The van der Waals surface area contributed by atoms with Crippen LogP contribution in [-0.4, -0.2) is 41.7 Å². The smallest absolute Gasteiger partial charge is 0.222 e. The Morgan fingerprint density at radius 3 is 2.60 bits per heavy atom. The van der Waals surface area contributed by atoms with E-state index in [2.05, 4.69) is 33.1 Å². The first-order chi connectivity index (χ1) is 14.6. The summed E-state index contributed by atoms with van der Waals surface area (Å²) in [6.45, 7) is 5.54. The highest BCUT2D eigenvalue weighted by Crippen LogP contribution is 2.35. The van der Waals surface area contributed by atoms with Crippen molar-refractivity contribution in [1.29, 1.82) is 0 Å². The third-order valence-corrected chi connectivity index (χ3v) is 5.76. The number of rotatable bonds is 6. The van der Waals surface area contributed by atoms with Gasteiger partial charge in [0.1, 0.15) is 5.82 Å². The first kappa shape index (κ1) is 20.2. The number of hydrogen-bond acceptors (Lipinski definition) is 7. The number of nitrogens with two attached hydrogens (primary N) is 2. The average Bonchev–Trinajstić information content (AvgIpc) is 2.74. The molecule has 7 nitrogen and oxygen atoms in total. The largest absolute Gasteiger partial charge is 0.493 e. The summed E-state index contributed by atoms with van der Waals surface area (Å²) >= 11 is 0. The number of nitrogen functional groups attached to an aromatic ring is 2. The number of hydrogen-bond donors (Lipinski definition) is 2. The van der Waals surface area contributed by atoms with Crippen molar-refractivity contribution in [2.24, 2.45) is 0 Å². The molecule has 1 aromatic heterocycles. The van der Waals surface area contributed by atoms with Gasteiger partial charge >= 0.3 is 0 Å². The molecule has 30 heavy (non-hydrogen) atoms. The molecule has 0 aliphatic carbocycles. The molecular formula is C23H29N5O2. The van der Waals surface area contributed by atoms with Crippen LogP contribution in [0, 0.1) is 0 Å². The van der Waals surface area contributed by atoms with E-state index >= 15 is 0 Å². The number of methoxy groups -OCH3 is 1. The number of ether oxygens (including phenoxy) is 2. The molecule has 0 saturated carbocycles. The molecule has 0 atom stereocenters. The van der Waals surface area contributed by atoms with Crippen LogP contribution in [0.2, 0.25) is 0 Å². The molecule has 1 fully saturated rings. The number of piperidine rings is 1. The topological polar surface area (TPSA) is 99.5 Å². The van der Waals surface area contributed by atoms with Crippen molar-refractivity contribution < 1.29 is 9.47 Å². The summed E-state index contributed by atoms with van der Waals surface area (Å²) in [6.07, 6.45) is 2.13. The van der Waals surface area contributed by atoms with Gasteiger partial charge < -0.3 is 20.9 Å². The summed E-state index contributed by atoms with van der Waals surface area (Å²) in [4.78, 5) is 11.0. The van der Waals surface area contributed by atoms with E-state index in [9.17, 15) is 0 Å². The van der Waals surface area contributed by atoms with Crippen molar-refractivity contribution in [3.05, 3.63) is 47.5 Å². The lowest BCUT2D eigenvalue weighted by atomic mass is 9.87. The number of nitrogens with zero attached hydrogens (tertiary/aromatic N) is 3. The number of benzene rings is 2. The molecule has 1 aliphatic heterocycles. The lowest BCUT2D eigenvalue weighted by Crippen LogP contribution is -2.32. The number of anilines is 2. The Bertz CT molecular complexity index is 1030. The van der Waals surface area contributed by atoms with Crippen molar-refractivity contribution in [2.75, 3.05) is 38.3 Å². The van der Waals surface area contributed by atoms with E-state index in [1.807, 2.05) is 25.1 Å². The molecule has 0 amide bonds. The van der Waals surface area contributed by atoms with Crippen molar-refractivity contribution in [1.82, 2.24) is 14.9 Å². The zero-order valence-corrected chi connectivity index (χ0v) is 17.6. The number of aromatic nitrogens is 2. The van der Waals surface area contributed by atoms with Gasteiger partial charge in [-0.05, 0) is 68.1 Å². The van der Waals surface area contributed by atoms with E-state index in [0.717, 1.165) is 54.9 Å². The summed E-state index contributed by atoms with van der Waals surface area (Å²) in [5.74, 6) is 2.71. The Balaban J connectivity index is 1.46. The van der Waals surface area contributed by atoms with Crippen LogP contribution in [-0.2, 0) is 6.54 Å². The van der Waals surface area contributed by atoms with E-state index in [1.54, 1.807) is 7.11 Å². The molecule has 4 rings (SSSR count). The summed E-state index contributed by atoms with van der Waals surface area (Å²) < 4.78 is 11.1. The van der Waals surface area contributed by atoms with Crippen molar-refractivity contribution in [3.8, 4) is 11.5 Å². The van der Waals surface area contributed by atoms with Crippen LogP contribution < -0.4 is 20.9 Å². The first-order valence-electron chi connectivity index (χ1n) is 10.4. The second-order valence-corrected chi connectivity index (χ2v) is 7.68. The highest BCUT2D eigenvalue weighted by atomic mass is 16.5. The number of likely N-dealkylation sites (tertiary alicyclic amines) is 1. The zero-order valence-electron chi connectivity index (χ0n) is 17.6. The third-order valence-electron chi connectivity index (χ3n) is 5.76. The molecule has 0 bridgehead atoms. The van der Waals surface area contributed by atoms with E-state index in [0.29, 0.717) is 18.3 Å². The molecule has 0 radical (unpaired) electrons. The van der Waals surface area contributed by atoms with Crippen LogP contribution >= 0.6 is 0 Å². The summed E-state index contributed by atoms with van der Waals surface area (Å²) in [5.41, 5.74) is 15.2. The van der Waals surface area contributed by atoms with Gasteiger partial charge in [-0.1, -0.05) is 18.2 Å². The summed E-state index contributed by atoms with van der Waals surface area (Å²) in [5, 5.41) is 0.946. The van der Waals surface area contributed by atoms with Crippen LogP contribution in [0.25, 0.3) is 10.9 Å². The van der Waals surface area contributed by atoms with Gasteiger partial charge in [-0.15, -0.1) is 0 Å². The highest BCUT2D eigenvalue weighted by Gasteiger charge is 2.23. The minimum Gasteiger partial charge on any atom is -0.493 e. The molecule has 3 aromatic rings. The fourth-order valence-corrected chi connectivity index (χ4v) is 4.35. The maximum Gasteiger partial charge on any atom is 0.222 e. The molecule has 1 aliphatic rings. The van der Waals surface area contributed by atoms with Gasteiger partial charge in [0.15, 0.2) is 11.5 Å². The Morgan fingerprint density at radius 1 is 1.07 bits per heavy atom. The van der Waals surface area contributed by atoms with Gasteiger partial charge in [-0.25, -0.2) is 4.98 Å². The lowest BCUT2D eigenvalue weighted by Gasteiger charge is -2.32. The summed E-state index contributed by atoms with van der Waals surface area (Å²) in [7, 11) is 1.67. The van der Waals surface area contributed by atoms with Crippen molar-refractivity contribution in [2.45, 2.75) is 32.2 Å². The van der Waals surface area contributed by atoms with Crippen molar-refractivity contribution in [3.63, 3.8) is 0 Å². The molecule has 1 saturated heterocycles. The first-order valence-corrected chi connectivity index (χ1v) is 10.4.